The average Bonchev–Trinajstić information content (AvgIpc) is 2.75. The summed E-state index contributed by atoms with van der Waals surface area (Å²) in [6.07, 6.45) is 3.51. The van der Waals surface area contributed by atoms with Gasteiger partial charge in [-0.2, -0.15) is 0 Å². The Balaban J connectivity index is 2.24. The molecule has 0 spiro atoms. The molecular weight excluding hydrogens is 362 g/mol. The quantitative estimate of drug-likeness (QED) is 0.730. The van der Waals surface area contributed by atoms with E-state index in [1.54, 1.807) is 0 Å². The van der Waals surface area contributed by atoms with Crippen molar-refractivity contribution in [2.45, 2.75) is 44.4 Å². The summed E-state index contributed by atoms with van der Waals surface area (Å²) in [7, 11) is -3.62. The minimum absolute atomic E-state index is 0.0387. The molecule has 1 atom stereocenters. The highest BCUT2D eigenvalue weighted by Gasteiger charge is 2.41. The fourth-order valence-corrected chi connectivity index (χ4v) is 6.07. The number of aromatic hydroxyl groups is 2. The molecule has 0 aliphatic carbocycles. The van der Waals surface area contributed by atoms with E-state index in [4.69, 9.17) is 0 Å². The van der Waals surface area contributed by atoms with Crippen molar-refractivity contribution in [3.05, 3.63) is 42.5 Å². The molecule has 2 aromatic carbocycles. The number of rotatable bonds is 5. The maximum absolute atomic E-state index is 13.3. The third-order valence-electron chi connectivity index (χ3n) is 5.55. The summed E-state index contributed by atoms with van der Waals surface area (Å²) in [5, 5.41) is 20.0. The van der Waals surface area contributed by atoms with E-state index in [0.717, 1.165) is 31.4 Å². The molecule has 27 heavy (non-hydrogen) atoms. The van der Waals surface area contributed by atoms with Crippen LogP contribution in [0.25, 0.3) is 0 Å². The first kappa shape index (κ1) is 19.5. The molecule has 0 saturated heterocycles. The largest absolute Gasteiger partial charge is 0.504 e. The molecule has 1 aliphatic heterocycles. The van der Waals surface area contributed by atoms with Gasteiger partial charge >= 0.3 is 0 Å². The van der Waals surface area contributed by atoms with Crippen LogP contribution in [0.5, 0.6) is 11.5 Å². The normalized spacial score (nSPS) is 21.5. The molecule has 6 heteroatoms. The highest BCUT2D eigenvalue weighted by molar-refractivity contribution is 7.91. The number of benzene rings is 2. The first-order chi connectivity index (χ1) is 12.8. The number of para-hydroxylation sites is 1. The van der Waals surface area contributed by atoms with Gasteiger partial charge in [-0.05, 0) is 25.0 Å². The monoisotopic (exact) mass is 389 g/mol. The zero-order chi connectivity index (χ0) is 19.7. The molecule has 0 bridgehead atoms. The number of sulfone groups is 1. The van der Waals surface area contributed by atoms with Crippen LogP contribution in [0.4, 0.5) is 11.4 Å². The van der Waals surface area contributed by atoms with Crippen molar-refractivity contribution < 1.29 is 18.6 Å². The Labute approximate surface area is 161 Å². The van der Waals surface area contributed by atoms with Crippen molar-refractivity contribution in [2.75, 3.05) is 17.2 Å². The number of phenolic OH excluding ortho intramolecular Hbond substituents is 2. The third-order valence-corrected chi connectivity index (χ3v) is 7.54. The molecule has 1 aliphatic rings. The summed E-state index contributed by atoms with van der Waals surface area (Å²) in [4.78, 5) is 2.05. The Morgan fingerprint density at radius 1 is 1.07 bits per heavy atom. The van der Waals surface area contributed by atoms with Gasteiger partial charge in [0.05, 0.1) is 16.3 Å². The maximum atomic E-state index is 13.3. The highest BCUT2D eigenvalue weighted by Crippen LogP contribution is 2.46. The number of fused-ring (bicyclic) bond motifs is 1. The van der Waals surface area contributed by atoms with Crippen molar-refractivity contribution in [1.29, 1.82) is 0 Å². The molecule has 0 saturated carbocycles. The molecule has 1 unspecified atom stereocenters. The SMILES string of the molecule is CCCCC1(CC)CN(c2ccccc2)c2cc(O)c(O)cc2S(=O)(=O)C1. The van der Waals surface area contributed by atoms with E-state index in [9.17, 15) is 18.6 Å². The maximum Gasteiger partial charge on any atom is 0.181 e. The zero-order valence-electron chi connectivity index (χ0n) is 15.9. The molecule has 146 valence electrons. The van der Waals surface area contributed by atoms with Crippen LogP contribution in [-0.2, 0) is 9.84 Å². The molecular formula is C21H27NO4S. The Bertz CT molecular complexity index is 911. The molecule has 0 amide bonds. The van der Waals surface area contributed by atoms with Gasteiger partial charge in [-0.3, -0.25) is 0 Å². The van der Waals surface area contributed by atoms with Crippen molar-refractivity contribution in [3.8, 4) is 11.5 Å². The Kier molecular flexibility index (Phi) is 5.38. The molecule has 0 aromatic heterocycles. The fourth-order valence-electron chi connectivity index (χ4n) is 3.89. The van der Waals surface area contributed by atoms with Gasteiger partial charge in [0.25, 0.3) is 0 Å². The van der Waals surface area contributed by atoms with Crippen molar-refractivity contribution in [1.82, 2.24) is 0 Å². The van der Waals surface area contributed by atoms with Crippen LogP contribution in [0.3, 0.4) is 0 Å². The summed E-state index contributed by atoms with van der Waals surface area (Å²) < 4.78 is 26.5. The molecule has 5 nitrogen and oxygen atoms in total. The molecule has 0 radical (unpaired) electrons. The molecule has 2 aromatic rings. The van der Waals surface area contributed by atoms with E-state index in [1.165, 1.54) is 12.1 Å². The van der Waals surface area contributed by atoms with Gasteiger partial charge in [0.2, 0.25) is 0 Å². The van der Waals surface area contributed by atoms with Gasteiger partial charge in [-0.1, -0.05) is 44.9 Å². The zero-order valence-corrected chi connectivity index (χ0v) is 16.7. The van der Waals surface area contributed by atoms with E-state index in [2.05, 4.69) is 6.92 Å². The lowest BCUT2D eigenvalue weighted by Crippen LogP contribution is -2.37. The van der Waals surface area contributed by atoms with Crippen LogP contribution in [0.2, 0.25) is 0 Å². The van der Waals surface area contributed by atoms with Crippen LogP contribution in [0, 0.1) is 5.41 Å². The fraction of sp³-hybridized carbons (Fsp3) is 0.429. The van der Waals surface area contributed by atoms with Crippen molar-refractivity contribution in [3.63, 3.8) is 0 Å². The Hall–Kier alpha value is -2.21. The number of phenols is 2. The van der Waals surface area contributed by atoms with Crippen LogP contribution >= 0.6 is 0 Å². The van der Waals surface area contributed by atoms with Crippen LogP contribution in [-0.4, -0.2) is 30.9 Å². The van der Waals surface area contributed by atoms with Crippen LogP contribution in [0.15, 0.2) is 47.4 Å². The number of anilines is 2. The van der Waals surface area contributed by atoms with Crippen LogP contribution < -0.4 is 4.90 Å². The Morgan fingerprint density at radius 2 is 1.74 bits per heavy atom. The second-order valence-electron chi connectivity index (χ2n) is 7.45. The number of unbranched alkanes of at least 4 members (excludes halogenated alkanes) is 1. The van der Waals surface area contributed by atoms with Gasteiger partial charge in [0.1, 0.15) is 0 Å². The smallest absolute Gasteiger partial charge is 0.181 e. The third kappa shape index (κ3) is 3.76. The minimum Gasteiger partial charge on any atom is -0.504 e. The predicted molar refractivity (Wildman–Crippen MR) is 108 cm³/mol. The van der Waals surface area contributed by atoms with Gasteiger partial charge in [0.15, 0.2) is 21.3 Å². The first-order valence-electron chi connectivity index (χ1n) is 9.43. The van der Waals surface area contributed by atoms with Gasteiger partial charge < -0.3 is 15.1 Å². The number of nitrogens with zero attached hydrogens (tertiary/aromatic N) is 1. The molecule has 2 N–H and O–H groups in total. The summed E-state index contributed by atoms with van der Waals surface area (Å²) in [5.74, 6) is -0.692. The van der Waals surface area contributed by atoms with Crippen LogP contribution in [0.1, 0.15) is 39.5 Å². The first-order valence-corrected chi connectivity index (χ1v) is 11.1. The summed E-state index contributed by atoms with van der Waals surface area (Å²) in [6, 6.07) is 12.2. The highest BCUT2D eigenvalue weighted by atomic mass is 32.2. The lowest BCUT2D eigenvalue weighted by Gasteiger charge is -2.36. The van der Waals surface area contributed by atoms with E-state index in [-0.39, 0.29) is 16.4 Å². The van der Waals surface area contributed by atoms with E-state index >= 15 is 0 Å². The lowest BCUT2D eigenvalue weighted by atomic mass is 9.81. The van der Waals surface area contributed by atoms with Crippen molar-refractivity contribution >= 4 is 21.2 Å². The number of hydrogen-bond acceptors (Lipinski definition) is 5. The van der Waals surface area contributed by atoms with Gasteiger partial charge in [-0.25, -0.2) is 8.42 Å². The summed E-state index contributed by atoms with van der Waals surface area (Å²) in [6.45, 7) is 4.69. The van der Waals surface area contributed by atoms with Crippen molar-refractivity contribution in [2.24, 2.45) is 5.41 Å². The summed E-state index contributed by atoms with van der Waals surface area (Å²) >= 11 is 0. The van der Waals surface area contributed by atoms with E-state index < -0.39 is 21.0 Å². The van der Waals surface area contributed by atoms with E-state index in [0.29, 0.717) is 12.2 Å². The molecule has 3 rings (SSSR count). The average molecular weight is 390 g/mol. The minimum atomic E-state index is -3.62. The molecule has 0 fully saturated rings. The number of hydrogen-bond donors (Lipinski definition) is 2. The van der Waals surface area contributed by atoms with E-state index in [1.807, 2.05) is 42.2 Å². The predicted octanol–water partition coefficient (Wildman–Crippen LogP) is 4.61. The second-order valence-corrected chi connectivity index (χ2v) is 9.40. The van der Waals surface area contributed by atoms with Gasteiger partial charge in [-0.15, -0.1) is 0 Å². The Morgan fingerprint density at radius 3 is 2.37 bits per heavy atom. The molecule has 1 heterocycles. The topological polar surface area (TPSA) is 77.8 Å². The lowest BCUT2D eigenvalue weighted by molar-refractivity contribution is 0.290. The standard InChI is InChI=1S/C21H27NO4S/c1-3-5-11-21(4-2)14-22(16-9-7-6-8-10-16)17-12-18(23)19(24)13-20(17)27(25,26)15-21/h6-10,12-13,23-24H,3-5,11,14-15H2,1-2H3. The second kappa shape index (κ2) is 7.43. The van der Waals surface area contributed by atoms with Gasteiger partial charge in [0, 0.05) is 29.8 Å². The summed E-state index contributed by atoms with van der Waals surface area (Å²) in [5.41, 5.74) is 0.896.